The lowest BCUT2D eigenvalue weighted by Gasteiger charge is -2.38. The minimum Gasteiger partial charge on any atom is -0.482 e. The Labute approximate surface area is 183 Å². The van der Waals surface area contributed by atoms with Crippen LogP contribution < -0.4 is 15.0 Å². The first kappa shape index (κ1) is 22.8. The molecule has 2 aliphatic rings. The van der Waals surface area contributed by atoms with Gasteiger partial charge in [0.05, 0.1) is 16.3 Å². The molecule has 1 fully saturated rings. The number of ether oxygens (including phenoxy) is 2. The quantitative estimate of drug-likeness (QED) is 0.633. The molecule has 0 radical (unpaired) electrons. The molecule has 1 saturated heterocycles. The molecule has 1 atom stereocenters. The van der Waals surface area contributed by atoms with Crippen LogP contribution in [-0.2, 0) is 9.53 Å². The van der Waals surface area contributed by atoms with Crippen molar-refractivity contribution in [2.45, 2.75) is 51.6 Å². The Balaban J connectivity index is 1.89. The van der Waals surface area contributed by atoms with Crippen molar-refractivity contribution in [3.63, 3.8) is 0 Å². The summed E-state index contributed by atoms with van der Waals surface area (Å²) in [6.07, 6.45) is 3.66. The Morgan fingerprint density at radius 1 is 1.40 bits per heavy atom. The molecular formula is C22H32ClN3O4. The van der Waals surface area contributed by atoms with Crippen LogP contribution in [0.2, 0.25) is 5.02 Å². The molecule has 30 heavy (non-hydrogen) atoms. The second-order valence-corrected chi connectivity index (χ2v) is 8.55. The molecule has 0 aromatic heterocycles. The van der Waals surface area contributed by atoms with E-state index in [1.165, 1.54) is 0 Å². The topological polar surface area (TPSA) is 71.1 Å². The maximum absolute atomic E-state index is 13.5. The third-order valence-corrected chi connectivity index (χ3v) is 5.97. The number of benzene rings is 1. The van der Waals surface area contributed by atoms with E-state index in [1.807, 2.05) is 18.7 Å². The molecule has 2 aliphatic heterocycles. The second kappa shape index (κ2) is 10.5. The van der Waals surface area contributed by atoms with Crippen molar-refractivity contribution in [1.29, 1.82) is 0 Å². The van der Waals surface area contributed by atoms with Gasteiger partial charge in [0.1, 0.15) is 5.75 Å². The Morgan fingerprint density at radius 3 is 2.87 bits per heavy atom. The fourth-order valence-electron chi connectivity index (χ4n) is 4.18. The van der Waals surface area contributed by atoms with Gasteiger partial charge in [0.25, 0.3) is 11.8 Å². The van der Waals surface area contributed by atoms with Crippen LogP contribution in [0.1, 0.15) is 49.9 Å². The lowest BCUT2D eigenvalue weighted by Crippen LogP contribution is -2.51. The number of nitrogens with one attached hydrogen (secondary N) is 1. The standard InChI is InChI=1S/C22H32ClN3O4/c1-15(2)26(16-7-6-8-24-13-16)22(28)17-11-19-20(12-18(17)23)30-14-21(27)25(19)9-4-5-10-29-3/h11-12,15-16,24H,4-10,13-14H2,1-3H3. The Hall–Kier alpha value is -1.83. The molecule has 0 saturated carbocycles. The summed E-state index contributed by atoms with van der Waals surface area (Å²) >= 11 is 6.51. The Kier molecular flexibility index (Phi) is 7.97. The number of carbonyl (C=O) groups is 2. The number of methoxy groups -OCH3 is 1. The van der Waals surface area contributed by atoms with Crippen molar-refractivity contribution < 1.29 is 19.1 Å². The maximum Gasteiger partial charge on any atom is 0.265 e. The zero-order chi connectivity index (χ0) is 21.7. The van der Waals surface area contributed by atoms with Gasteiger partial charge in [-0.05, 0) is 52.1 Å². The second-order valence-electron chi connectivity index (χ2n) is 8.14. The summed E-state index contributed by atoms with van der Waals surface area (Å²) in [6, 6.07) is 3.55. The van der Waals surface area contributed by atoms with Crippen LogP contribution in [0.4, 0.5) is 5.69 Å². The zero-order valence-corrected chi connectivity index (χ0v) is 18.8. The zero-order valence-electron chi connectivity index (χ0n) is 18.1. The maximum atomic E-state index is 13.5. The van der Waals surface area contributed by atoms with E-state index < -0.39 is 0 Å². The van der Waals surface area contributed by atoms with Crippen molar-refractivity contribution in [2.75, 3.05) is 44.9 Å². The number of piperidine rings is 1. The summed E-state index contributed by atoms with van der Waals surface area (Å²) < 4.78 is 10.7. The van der Waals surface area contributed by atoms with E-state index in [-0.39, 0.29) is 30.5 Å². The van der Waals surface area contributed by atoms with Crippen LogP contribution in [0.25, 0.3) is 0 Å². The molecule has 8 heteroatoms. The van der Waals surface area contributed by atoms with Gasteiger partial charge in [0, 0.05) is 45.0 Å². The lowest BCUT2D eigenvalue weighted by molar-refractivity contribution is -0.121. The first-order chi connectivity index (χ1) is 14.4. The average molecular weight is 438 g/mol. The van der Waals surface area contributed by atoms with Crippen molar-refractivity contribution in [3.8, 4) is 5.75 Å². The third kappa shape index (κ3) is 5.07. The fourth-order valence-corrected chi connectivity index (χ4v) is 4.41. The molecule has 2 amide bonds. The molecular weight excluding hydrogens is 406 g/mol. The van der Waals surface area contributed by atoms with Crippen molar-refractivity contribution in [2.24, 2.45) is 0 Å². The molecule has 1 aromatic carbocycles. The lowest BCUT2D eigenvalue weighted by atomic mass is 10.0. The van der Waals surface area contributed by atoms with Gasteiger partial charge in [0.2, 0.25) is 0 Å². The monoisotopic (exact) mass is 437 g/mol. The van der Waals surface area contributed by atoms with E-state index in [2.05, 4.69) is 5.32 Å². The fraction of sp³-hybridized carbons (Fsp3) is 0.636. The first-order valence-corrected chi connectivity index (χ1v) is 11.1. The number of nitrogens with zero attached hydrogens (tertiary/aromatic N) is 2. The van der Waals surface area contributed by atoms with Gasteiger partial charge in [0.15, 0.2) is 6.61 Å². The van der Waals surface area contributed by atoms with E-state index in [0.717, 1.165) is 38.8 Å². The van der Waals surface area contributed by atoms with Gasteiger partial charge >= 0.3 is 0 Å². The van der Waals surface area contributed by atoms with E-state index in [0.29, 0.717) is 35.2 Å². The number of halogens is 1. The minimum absolute atomic E-state index is 0.0211. The Bertz CT molecular complexity index is 765. The van der Waals surface area contributed by atoms with Crippen LogP contribution >= 0.6 is 11.6 Å². The summed E-state index contributed by atoms with van der Waals surface area (Å²) in [5.41, 5.74) is 1.02. The molecule has 1 aromatic rings. The van der Waals surface area contributed by atoms with E-state index >= 15 is 0 Å². The molecule has 2 heterocycles. The van der Waals surface area contributed by atoms with Gasteiger partial charge in [-0.1, -0.05) is 11.6 Å². The summed E-state index contributed by atoms with van der Waals surface area (Å²) in [5, 5.41) is 3.73. The number of unbranched alkanes of at least 4 members (excludes halogenated alkanes) is 1. The number of hydrogen-bond acceptors (Lipinski definition) is 5. The highest BCUT2D eigenvalue weighted by Crippen LogP contribution is 2.38. The minimum atomic E-state index is -0.113. The van der Waals surface area contributed by atoms with Crippen LogP contribution in [-0.4, -0.2) is 68.8 Å². The number of amides is 2. The van der Waals surface area contributed by atoms with Crippen LogP contribution in [0.15, 0.2) is 12.1 Å². The van der Waals surface area contributed by atoms with Crippen molar-refractivity contribution in [1.82, 2.24) is 10.2 Å². The summed E-state index contributed by atoms with van der Waals surface area (Å²) in [6.45, 7) is 6.98. The molecule has 0 spiro atoms. The van der Waals surface area contributed by atoms with Gasteiger partial charge in [-0.25, -0.2) is 0 Å². The van der Waals surface area contributed by atoms with E-state index in [1.54, 1.807) is 24.1 Å². The highest BCUT2D eigenvalue weighted by molar-refractivity contribution is 6.34. The smallest absolute Gasteiger partial charge is 0.265 e. The molecule has 166 valence electrons. The van der Waals surface area contributed by atoms with Crippen molar-refractivity contribution in [3.05, 3.63) is 22.7 Å². The highest BCUT2D eigenvalue weighted by atomic mass is 35.5. The predicted molar refractivity (Wildman–Crippen MR) is 118 cm³/mol. The van der Waals surface area contributed by atoms with Gasteiger partial charge < -0.3 is 24.6 Å². The SMILES string of the molecule is COCCCCN1C(=O)COc2cc(Cl)c(C(=O)N(C(C)C)C3CCCNC3)cc21. The predicted octanol–water partition coefficient (Wildman–Crippen LogP) is 3.09. The number of rotatable bonds is 8. The molecule has 0 bridgehead atoms. The largest absolute Gasteiger partial charge is 0.482 e. The van der Waals surface area contributed by atoms with Gasteiger partial charge in [-0.15, -0.1) is 0 Å². The summed E-state index contributed by atoms with van der Waals surface area (Å²) in [5.74, 6) is 0.319. The number of fused-ring (bicyclic) bond motifs is 1. The molecule has 1 N–H and O–H groups in total. The van der Waals surface area contributed by atoms with Crippen LogP contribution in [0.3, 0.4) is 0 Å². The molecule has 7 nitrogen and oxygen atoms in total. The normalized spacial score (nSPS) is 18.9. The Morgan fingerprint density at radius 2 is 2.20 bits per heavy atom. The number of hydrogen-bond donors (Lipinski definition) is 1. The van der Waals surface area contributed by atoms with E-state index in [9.17, 15) is 9.59 Å². The van der Waals surface area contributed by atoms with Crippen molar-refractivity contribution >= 4 is 29.1 Å². The van der Waals surface area contributed by atoms with Gasteiger partial charge in [-0.3, -0.25) is 9.59 Å². The van der Waals surface area contributed by atoms with Crippen LogP contribution in [0, 0.1) is 0 Å². The number of anilines is 1. The van der Waals surface area contributed by atoms with Crippen LogP contribution in [0.5, 0.6) is 5.75 Å². The van der Waals surface area contributed by atoms with E-state index in [4.69, 9.17) is 21.1 Å². The molecule has 3 rings (SSSR count). The highest BCUT2D eigenvalue weighted by Gasteiger charge is 2.32. The number of carbonyl (C=O) groups excluding carboxylic acids is 2. The average Bonchev–Trinajstić information content (AvgIpc) is 2.72. The molecule has 1 unspecified atom stereocenters. The summed E-state index contributed by atoms with van der Waals surface area (Å²) in [7, 11) is 1.66. The van der Waals surface area contributed by atoms with Gasteiger partial charge in [-0.2, -0.15) is 0 Å². The molecule has 0 aliphatic carbocycles. The third-order valence-electron chi connectivity index (χ3n) is 5.66. The first-order valence-electron chi connectivity index (χ1n) is 10.7. The summed E-state index contributed by atoms with van der Waals surface area (Å²) in [4.78, 5) is 29.7.